The van der Waals surface area contributed by atoms with Crippen molar-refractivity contribution in [3.8, 4) is 0 Å². The van der Waals surface area contributed by atoms with Gasteiger partial charge in [-0.3, -0.25) is 14.5 Å². The van der Waals surface area contributed by atoms with E-state index in [9.17, 15) is 9.59 Å². The molecule has 0 radical (unpaired) electrons. The number of amides is 1. The molecule has 5 nitrogen and oxygen atoms in total. The third-order valence-corrected chi connectivity index (χ3v) is 3.84. The molecule has 1 aliphatic carbocycles. The van der Waals surface area contributed by atoms with Crippen LogP contribution in [0.25, 0.3) is 0 Å². The molecule has 1 fully saturated rings. The quantitative estimate of drug-likeness (QED) is 0.920. The fraction of sp³-hybridized carbons (Fsp3) is 0.533. The van der Waals surface area contributed by atoms with Crippen molar-refractivity contribution in [1.82, 2.24) is 4.98 Å². The Morgan fingerprint density at radius 2 is 2.10 bits per heavy atom. The highest BCUT2D eigenvalue weighted by Crippen LogP contribution is 2.30. The minimum Gasteiger partial charge on any atom is -0.481 e. The summed E-state index contributed by atoms with van der Waals surface area (Å²) in [6.45, 7) is 3.45. The van der Waals surface area contributed by atoms with Gasteiger partial charge < -0.3 is 5.11 Å². The number of anilines is 1. The second-order valence-corrected chi connectivity index (χ2v) is 5.44. The van der Waals surface area contributed by atoms with E-state index < -0.39 is 5.97 Å². The monoisotopic (exact) mass is 276 g/mol. The van der Waals surface area contributed by atoms with Crippen molar-refractivity contribution in [2.75, 3.05) is 4.90 Å². The van der Waals surface area contributed by atoms with Crippen molar-refractivity contribution in [2.45, 2.75) is 45.6 Å². The molecule has 20 heavy (non-hydrogen) atoms. The molecule has 2 rings (SSSR count). The van der Waals surface area contributed by atoms with E-state index in [0.29, 0.717) is 18.7 Å². The first-order valence-electron chi connectivity index (χ1n) is 6.94. The predicted molar refractivity (Wildman–Crippen MR) is 75.5 cm³/mol. The first kappa shape index (κ1) is 14.5. The van der Waals surface area contributed by atoms with Crippen LogP contribution in [-0.2, 0) is 9.59 Å². The number of nitrogens with zero attached hydrogens (tertiary/aromatic N) is 2. The van der Waals surface area contributed by atoms with Crippen molar-refractivity contribution < 1.29 is 14.7 Å². The van der Waals surface area contributed by atoms with E-state index in [1.54, 1.807) is 11.1 Å². The molecule has 2 atom stereocenters. The summed E-state index contributed by atoms with van der Waals surface area (Å²) < 4.78 is 0. The van der Waals surface area contributed by atoms with Crippen LogP contribution in [-0.4, -0.2) is 28.0 Å². The Labute approximate surface area is 118 Å². The zero-order valence-corrected chi connectivity index (χ0v) is 11.9. The third-order valence-electron chi connectivity index (χ3n) is 3.84. The molecule has 1 aromatic rings. The summed E-state index contributed by atoms with van der Waals surface area (Å²) in [5.74, 6) is -0.604. The molecule has 1 N–H and O–H groups in total. The van der Waals surface area contributed by atoms with Gasteiger partial charge in [-0.25, -0.2) is 4.98 Å². The van der Waals surface area contributed by atoms with E-state index in [1.165, 1.54) is 6.92 Å². The lowest BCUT2D eigenvalue weighted by molar-refractivity contribution is -0.143. The number of carbonyl (C=O) groups is 2. The molecule has 0 aliphatic heterocycles. The van der Waals surface area contributed by atoms with Crippen LogP contribution in [0.5, 0.6) is 0 Å². The van der Waals surface area contributed by atoms with Gasteiger partial charge in [-0.05, 0) is 37.8 Å². The maximum atomic E-state index is 11.9. The van der Waals surface area contributed by atoms with Crippen molar-refractivity contribution in [3.05, 3.63) is 23.9 Å². The number of aliphatic carboxylic acids is 1. The Hall–Kier alpha value is -1.91. The molecular weight excluding hydrogens is 256 g/mol. The summed E-state index contributed by atoms with van der Waals surface area (Å²) in [5.41, 5.74) is 1.03. The highest BCUT2D eigenvalue weighted by molar-refractivity contribution is 5.91. The average Bonchev–Trinajstić information content (AvgIpc) is 2.41. The topological polar surface area (TPSA) is 70.5 Å². The Bertz CT molecular complexity index is 498. The van der Waals surface area contributed by atoms with Gasteiger partial charge in [-0.1, -0.05) is 12.5 Å². The fourth-order valence-corrected chi connectivity index (χ4v) is 2.83. The first-order chi connectivity index (χ1) is 9.49. The van der Waals surface area contributed by atoms with Crippen LogP contribution in [0.4, 0.5) is 5.82 Å². The zero-order valence-electron chi connectivity index (χ0n) is 11.9. The largest absolute Gasteiger partial charge is 0.481 e. The van der Waals surface area contributed by atoms with Crippen LogP contribution in [0, 0.1) is 12.8 Å². The van der Waals surface area contributed by atoms with Gasteiger partial charge in [0.05, 0.1) is 5.92 Å². The molecule has 1 aliphatic rings. The van der Waals surface area contributed by atoms with E-state index in [4.69, 9.17) is 5.11 Å². The summed E-state index contributed by atoms with van der Waals surface area (Å²) >= 11 is 0. The SMILES string of the molecule is CC(=O)N(c1ccc(C)cn1)[C@@H]1CCC[C@H](C(=O)O)C1. The van der Waals surface area contributed by atoms with E-state index in [2.05, 4.69) is 4.98 Å². The number of hydrogen-bond acceptors (Lipinski definition) is 3. The van der Waals surface area contributed by atoms with Gasteiger partial charge in [0.25, 0.3) is 0 Å². The summed E-state index contributed by atoms with van der Waals surface area (Å²) in [4.78, 5) is 29.0. The molecule has 1 aromatic heterocycles. The van der Waals surface area contributed by atoms with Crippen molar-refractivity contribution in [1.29, 1.82) is 0 Å². The number of carbonyl (C=O) groups excluding carboxylic acids is 1. The maximum absolute atomic E-state index is 11.9. The van der Waals surface area contributed by atoms with Crippen LogP contribution in [0.2, 0.25) is 0 Å². The number of carboxylic acids is 1. The fourth-order valence-electron chi connectivity index (χ4n) is 2.83. The highest BCUT2D eigenvalue weighted by Gasteiger charge is 2.32. The van der Waals surface area contributed by atoms with E-state index in [-0.39, 0.29) is 17.9 Å². The Morgan fingerprint density at radius 1 is 1.35 bits per heavy atom. The zero-order chi connectivity index (χ0) is 14.7. The summed E-state index contributed by atoms with van der Waals surface area (Å²) in [6, 6.07) is 3.66. The summed E-state index contributed by atoms with van der Waals surface area (Å²) in [6.07, 6.45) is 4.59. The number of aryl methyl sites for hydroxylation is 1. The number of carboxylic acid groups (broad SMARTS) is 1. The summed E-state index contributed by atoms with van der Waals surface area (Å²) in [7, 11) is 0. The van der Waals surface area contributed by atoms with E-state index in [0.717, 1.165) is 18.4 Å². The Morgan fingerprint density at radius 3 is 2.65 bits per heavy atom. The molecule has 0 spiro atoms. The average molecular weight is 276 g/mol. The lowest BCUT2D eigenvalue weighted by atomic mass is 9.85. The minimum absolute atomic E-state index is 0.0717. The van der Waals surface area contributed by atoms with Gasteiger partial charge in [-0.15, -0.1) is 0 Å². The van der Waals surface area contributed by atoms with Crippen LogP contribution in [0.1, 0.15) is 38.2 Å². The van der Waals surface area contributed by atoms with Gasteiger partial charge in [0.15, 0.2) is 0 Å². The molecule has 1 saturated carbocycles. The van der Waals surface area contributed by atoms with Crippen molar-refractivity contribution >= 4 is 17.7 Å². The molecule has 108 valence electrons. The van der Waals surface area contributed by atoms with Crippen LogP contribution in [0.3, 0.4) is 0 Å². The van der Waals surface area contributed by atoms with Crippen LogP contribution >= 0.6 is 0 Å². The standard InChI is InChI=1S/C15H20N2O3/c1-10-6-7-14(16-9-10)17(11(2)18)13-5-3-4-12(8-13)15(19)20/h6-7,9,12-13H,3-5,8H2,1-2H3,(H,19,20)/t12-,13+/m0/s1. The molecule has 1 heterocycles. The van der Waals surface area contributed by atoms with Gasteiger partial charge in [0, 0.05) is 19.2 Å². The van der Waals surface area contributed by atoms with Crippen molar-refractivity contribution in [2.24, 2.45) is 5.92 Å². The number of pyridine rings is 1. The Balaban J connectivity index is 2.22. The second-order valence-electron chi connectivity index (χ2n) is 5.44. The minimum atomic E-state index is -0.768. The smallest absolute Gasteiger partial charge is 0.306 e. The Kier molecular flexibility index (Phi) is 4.37. The van der Waals surface area contributed by atoms with Gasteiger partial charge in [-0.2, -0.15) is 0 Å². The van der Waals surface area contributed by atoms with Gasteiger partial charge in [0.1, 0.15) is 5.82 Å². The number of hydrogen-bond donors (Lipinski definition) is 1. The first-order valence-corrected chi connectivity index (χ1v) is 6.94. The van der Waals surface area contributed by atoms with Crippen LogP contribution < -0.4 is 4.90 Å². The molecule has 0 bridgehead atoms. The van der Waals surface area contributed by atoms with Crippen LogP contribution in [0.15, 0.2) is 18.3 Å². The molecular formula is C15H20N2O3. The third kappa shape index (κ3) is 3.15. The maximum Gasteiger partial charge on any atom is 0.306 e. The number of rotatable bonds is 3. The molecule has 5 heteroatoms. The molecule has 0 saturated heterocycles. The van der Waals surface area contributed by atoms with Gasteiger partial charge in [0.2, 0.25) is 5.91 Å². The van der Waals surface area contributed by atoms with Gasteiger partial charge >= 0.3 is 5.97 Å². The molecule has 0 unspecified atom stereocenters. The van der Waals surface area contributed by atoms with Crippen molar-refractivity contribution in [3.63, 3.8) is 0 Å². The number of aromatic nitrogens is 1. The second kappa shape index (κ2) is 6.03. The highest BCUT2D eigenvalue weighted by atomic mass is 16.4. The molecule has 0 aromatic carbocycles. The normalized spacial score (nSPS) is 22.3. The predicted octanol–water partition coefficient (Wildman–Crippen LogP) is 2.39. The van der Waals surface area contributed by atoms with E-state index >= 15 is 0 Å². The van der Waals surface area contributed by atoms with E-state index in [1.807, 2.05) is 19.1 Å². The molecule has 1 amide bonds. The lowest BCUT2D eigenvalue weighted by Gasteiger charge is -2.35. The lowest BCUT2D eigenvalue weighted by Crippen LogP contribution is -2.43. The summed E-state index contributed by atoms with van der Waals surface area (Å²) in [5, 5.41) is 9.16.